The van der Waals surface area contributed by atoms with Crippen molar-refractivity contribution < 1.29 is 19.4 Å². The number of carbonyl (C=O) groups excluding carboxylic acids is 1. The lowest BCUT2D eigenvalue weighted by molar-refractivity contribution is 0.134. The number of aromatic nitrogens is 2. The van der Waals surface area contributed by atoms with E-state index in [0.717, 1.165) is 21.5 Å². The Morgan fingerprint density at radius 3 is 2.73 bits per heavy atom. The quantitative estimate of drug-likeness (QED) is 0.875. The van der Waals surface area contributed by atoms with Crippen LogP contribution in [-0.4, -0.2) is 33.1 Å². The first-order valence-corrected chi connectivity index (χ1v) is 8.77. The largest absolute Gasteiger partial charge is 0.463 e. The summed E-state index contributed by atoms with van der Waals surface area (Å²) in [7, 11) is 0. The minimum atomic E-state index is -1.07. The number of alkyl carbamates (subject to hydrolysis) is 1. The molecule has 1 aromatic heterocycles. The highest BCUT2D eigenvalue weighted by atomic mass is 16.5. The maximum absolute atomic E-state index is 12.1. The van der Waals surface area contributed by atoms with E-state index >= 15 is 0 Å². The van der Waals surface area contributed by atoms with Crippen molar-refractivity contribution in [3.8, 4) is 0 Å². The molecule has 0 aliphatic heterocycles. The molecule has 0 bridgehead atoms. The minimum Gasteiger partial charge on any atom is -0.463 e. The molecule has 0 saturated heterocycles. The number of carbonyl (C=O) groups is 2. The highest BCUT2D eigenvalue weighted by molar-refractivity contribution is 5.69. The molecule has 0 spiro atoms. The van der Waals surface area contributed by atoms with Gasteiger partial charge in [0.1, 0.15) is 6.61 Å². The zero-order valence-corrected chi connectivity index (χ0v) is 14.9. The average molecular weight is 357 g/mol. The number of nitrogens with zero attached hydrogens (tertiary/aromatic N) is 2. The van der Waals surface area contributed by atoms with Gasteiger partial charge in [-0.05, 0) is 36.3 Å². The first-order chi connectivity index (χ1) is 12.5. The van der Waals surface area contributed by atoms with E-state index in [1.54, 1.807) is 0 Å². The van der Waals surface area contributed by atoms with Crippen LogP contribution in [0, 0.1) is 0 Å². The minimum absolute atomic E-state index is 0.0335. The van der Waals surface area contributed by atoms with Gasteiger partial charge in [0.15, 0.2) is 0 Å². The van der Waals surface area contributed by atoms with Crippen molar-refractivity contribution in [2.75, 3.05) is 0 Å². The molecule has 2 aromatic rings. The first kappa shape index (κ1) is 18.0. The molecule has 1 unspecified atom stereocenters. The Morgan fingerprint density at radius 2 is 2.08 bits per heavy atom. The van der Waals surface area contributed by atoms with Crippen LogP contribution in [0.4, 0.5) is 9.59 Å². The van der Waals surface area contributed by atoms with Crippen molar-refractivity contribution in [3.63, 3.8) is 0 Å². The van der Waals surface area contributed by atoms with Gasteiger partial charge < -0.3 is 15.2 Å². The Hall–Kier alpha value is -2.83. The van der Waals surface area contributed by atoms with Crippen LogP contribution in [0.15, 0.2) is 30.3 Å². The van der Waals surface area contributed by atoms with Gasteiger partial charge in [0.05, 0.1) is 11.4 Å². The molecule has 26 heavy (non-hydrogen) atoms. The molecule has 1 amide bonds. The molecule has 1 aromatic carbocycles. The highest BCUT2D eigenvalue weighted by Crippen LogP contribution is 2.29. The standard InChI is InChI=1S/C19H23N3O4/c1-12(2)17-15-10-14(8-9-16(15)21-22(17)19(24)25)20-18(23)26-11-13-6-4-3-5-7-13/h3-7,12,14H,8-11H2,1-2H3,(H,20,23)(H,24,25). The van der Waals surface area contributed by atoms with E-state index in [1.807, 2.05) is 44.2 Å². The van der Waals surface area contributed by atoms with E-state index in [-0.39, 0.29) is 18.6 Å². The van der Waals surface area contributed by atoms with Crippen LogP contribution >= 0.6 is 0 Å². The van der Waals surface area contributed by atoms with Gasteiger partial charge in [-0.3, -0.25) is 0 Å². The summed E-state index contributed by atoms with van der Waals surface area (Å²) in [5, 5.41) is 16.5. The lowest BCUT2D eigenvalue weighted by Crippen LogP contribution is -2.39. The van der Waals surface area contributed by atoms with E-state index in [1.165, 1.54) is 0 Å². The average Bonchev–Trinajstić information content (AvgIpc) is 3.00. The molecular weight excluding hydrogens is 334 g/mol. The van der Waals surface area contributed by atoms with Crippen molar-refractivity contribution in [1.82, 2.24) is 15.1 Å². The number of aryl methyl sites for hydroxylation is 1. The number of hydrogen-bond donors (Lipinski definition) is 2. The SMILES string of the molecule is CC(C)c1c2c(nn1C(=O)O)CCC(NC(=O)OCc1ccccc1)C2. The number of hydrogen-bond acceptors (Lipinski definition) is 4. The number of benzene rings is 1. The van der Waals surface area contributed by atoms with E-state index in [4.69, 9.17) is 4.74 Å². The molecule has 1 heterocycles. The predicted molar refractivity (Wildman–Crippen MR) is 95.3 cm³/mol. The van der Waals surface area contributed by atoms with Gasteiger partial charge in [0, 0.05) is 6.04 Å². The zero-order chi connectivity index (χ0) is 18.7. The number of nitrogens with one attached hydrogen (secondary N) is 1. The molecule has 7 heteroatoms. The summed E-state index contributed by atoms with van der Waals surface area (Å²) in [5.41, 5.74) is 3.38. The molecular formula is C19H23N3O4. The molecule has 3 rings (SSSR count). The van der Waals surface area contributed by atoms with Gasteiger partial charge in [-0.15, -0.1) is 0 Å². The van der Waals surface area contributed by atoms with E-state index in [2.05, 4.69) is 10.4 Å². The third kappa shape index (κ3) is 3.87. The van der Waals surface area contributed by atoms with Gasteiger partial charge in [-0.2, -0.15) is 9.78 Å². The number of ether oxygens (including phenoxy) is 1. The molecule has 0 saturated carbocycles. The molecule has 0 radical (unpaired) electrons. The number of fused-ring (bicyclic) bond motifs is 1. The monoisotopic (exact) mass is 357 g/mol. The third-order valence-electron chi connectivity index (χ3n) is 4.55. The summed E-state index contributed by atoms with van der Waals surface area (Å²) in [4.78, 5) is 23.5. The molecule has 138 valence electrons. The molecule has 1 atom stereocenters. The van der Waals surface area contributed by atoms with Crippen LogP contribution in [0.5, 0.6) is 0 Å². The van der Waals surface area contributed by atoms with Crippen molar-refractivity contribution >= 4 is 12.2 Å². The molecule has 1 aliphatic rings. The second-order valence-electron chi connectivity index (χ2n) is 6.81. The van der Waals surface area contributed by atoms with Crippen molar-refractivity contribution in [1.29, 1.82) is 0 Å². The summed E-state index contributed by atoms with van der Waals surface area (Å²) < 4.78 is 6.35. The van der Waals surface area contributed by atoms with Crippen LogP contribution in [0.2, 0.25) is 0 Å². The fraction of sp³-hybridized carbons (Fsp3) is 0.421. The van der Waals surface area contributed by atoms with E-state index < -0.39 is 12.2 Å². The Kier molecular flexibility index (Phi) is 5.25. The first-order valence-electron chi connectivity index (χ1n) is 8.77. The molecule has 1 aliphatic carbocycles. The van der Waals surface area contributed by atoms with Gasteiger partial charge in [0.2, 0.25) is 0 Å². The molecule has 7 nitrogen and oxygen atoms in total. The Bertz CT molecular complexity index is 799. The lowest BCUT2D eigenvalue weighted by Gasteiger charge is -2.23. The fourth-order valence-electron chi connectivity index (χ4n) is 3.39. The van der Waals surface area contributed by atoms with Crippen LogP contribution in [-0.2, 0) is 24.2 Å². The Labute approximate surface area is 152 Å². The second-order valence-corrected chi connectivity index (χ2v) is 6.81. The Morgan fingerprint density at radius 1 is 1.35 bits per heavy atom. The number of rotatable bonds is 4. The maximum atomic E-state index is 12.1. The van der Waals surface area contributed by atoms with Crippen molar-refractivity contribution in [3.05, 3.63) is 52.8 Å². The number of carboxylic acid groups (broad SMARTS) is 1. The van der Waals surface area contributed by atoms with Gasteiger partial charge in [-0.25, -0.2) is 9.59 Å². The van der Waals surface area contributed by atoms with E-state index in [9.17, 15) is 14.7 Å². The van der Waals surface area contributed by atoms with Crippen molar-refractivity contribution in [2.45, 2.75) is 51.7 Å². The summed E-state index contributed by atoms with van der Waals surface area (Å²) in [6.45, 7) is 4.11. The number of amides is 1. The predicted octanol–water partition coefficient (Wildman–Crippen LogP) is 3.32. The maximum Gasteiger partial charge on any atom is 0.432 e. The van der Waals surface area contributed by atoms with Crippen molar-refractivity contribution in [2.24, 2.45) is 0 Å². The summed E-state index contributed by atoms with van der Waals surface area (Å²) in [5.74, 6) is 0.0335. The smallest absolute Gasteiger partial charge is 0.432 e. The summed E-state index contributed by atoms with van der Waals surface area (Å²) in [6, 6.07) is 9.41. The Balaban J connectivity index is 1.64. The van der Waals surface area contributed by atoms with Crippen LogP contribution in [0.3, 0.4) is 0 Å². The normalized spacial score (nSPS) is 16.2. The second kappa shape index (κ2) is 7.59. The molecule has 0 fully saturated rings. The highest BCUT2D eigenvalue weighted by Gasteiger charge is 2.30. The van der Waals surface area contributed by atoms with Crippen LogP contribution in [0.1, 0.15) is 48.7 Å². The summed E-state index contributed by atoms with van der Waals surface area (Å²) >= 11 is 0. The van der Waals surface area contributed by atoms with Gasteiger partial charge in [0.25, 0.3) is 0 Å². The van der Waals surface area contributed by atoms with Gasteiger partial charge >= 0.3 is 12.2 Å². The summed E-state index contributed by atoms with van der Waals surface area (Å²) in [6.07, 6.45) is 0.380. The lowest BCUT2D eigenvalue weighted by atomic mass is 9.89. The third-order valence-corrected chi connectivity index (χ3v) is 4.55. The van der Waals surface area contributed by atoms with Gasteiger partial charge in [-0.1, -0.05) is 44.2 Å². The zero-order valence-electron chi connectivity index (χ0n) is 14.9. The van der Waals surface area contributed by atoms with Crippen LogP contribution < -0.4 is 5.32 Å². The van der Waals surface area contributed by atoms with E-state index in [0.29, 0.717) is 25.0 Å². The van der Waals surface area contributed by atoms with Crippen LogP contribution in [0.25, 0.3) is 0 Å². The topological polar surface area (TPSA) is 93.5 Å². The fourth-order valence-corrected chi connectivity index (χ4v) is 3.39. The molecule has 2 N–H and O–H groups in total.